The Labute approximate surface area is 130 Å². The highest BCUT2D eigenvalue weighted by Gasteiger charge is 2.24. The second-order valence-corrected chi connectivity index (χ2v) is 5.58. The van der Waals surface area contributed by atoms with E-state index in [2.05, 4.69) is 5.10 Å². The molecule has 1 aromatic heterocycles. The van der Waals surface area contributed by atoms with Crippen LogP contribution in [0.5, 0.6) is 5.88 Å². The number of hydrogen-bond acceptors (Lipinski definition) is 3. The van der Waals surface area contributed by atoms with Crippen LogP contribution < -0.4 is 4.74 Å². The van der Waals surface area contributed by atoms with E-state index in [1.54, 1.807) is 17.7 Å². The maximum Gasteiger partial charge on any atom is 0.263 e. The zero-order valence-corrected chi connectivity index (χ0v) is 12.8. The largest absolute Gasteiger partial charge is 0.463 e. The molecule has 0 radical (unpaired) electrons. The van der Waals surface area contributed by atoms with Crippen molar-refractivity contribution in [3.63, 3.8) is 0 Å². The third-order valence-electron chi connectivity index (χ3n) is 3.90. The first-order valence-electron chi connectivity index (χ1n) is 7.80. The molecule has 22 heavy (non-hydrogen) atoms. The van der Waals surface area contributed by atoms with Crippen molar-refractivity contribution >= 4 is 5.91 Å². The van der Waals surface area contributed by atoms with E-state index in [9.17, 15) is 4.79 Å². The molecule has 1 aliphatic heterocycles. The number of amides is 1. The quantitative estimate of drug-likeness (QED) is 0.872. The van der Waals surface area contributed by atoms with Crippen molar-refractivity contribution in [3.05, 3.63) is 42.6 Å². The summed E-state index contributed by atoms with van der Waals surface area (Å²) in [6, 6.07) is 11.6. The van der Waals surface area contributed by atoms with E-state index < -0.39 is 6.10 Å². The summed E-state index contributed by atoms with van der Waals surface area (Å²) >= 11 is 0. The fraction of sp³-hybridized carbons (Fsp3) is 0.412. The van der Waals surface area contributed by atoms with Crippen LogP contribution in [0.25, 0.3) is 5.69 Å². The molecule has 1 aromatic carbocycles. The van der Waals surface area contributed by atoms with Crippen molar-refractivity contribution in [3.8, 4) is 11.6 Å². The molecular formula is C17H21N3O2. The number of ether oxygens (including phenoxy) is 1. The minimum Gasteiger partial charge on any atom is -0.463 e. The molecule has 116 valence electrons. The zero-order chi connectivity index (χ0) is 15.4. The molecule has 0 N–H and O–H groups in total. The van der Waals surface area contributed by atoms with Crippen LogP contribution in [0.1, 0.15) is 26.2 Å². The first kappa shape index (κ1) is 14.6. The number of carbonyl (C=O) groups is 1. The van der Waals surface area contributed by atoms with Crippen LogP contribution in [-0.2, 0) is 4.79 Å². The number of hydrogen-bond donors (Lipinski definition) is 0. The summed E-state index contributed by atoms with van der Waals surface area (Å²) in [5.41, 5.74) is 0.965. The molecule has 0 unspecified atom stereocenters. The lowest BCUT2D eigenvalue weighted by atomic mass is 10.1. The van der Waals surface area contributed by atoms with Crippen LogP contribution in [0.4, 0.5) is 0 Å². The van der Waals surface area contributed by atoms with Gasteiger partial charge in [-0.3, -0.25) is 4.79 Å². The van der Waals surface area contributed by atoms with Crippen LogP contribution in [0.15, 0.2) is 42.6 Å². The Kier molecular flexibility index (Phi) is 4.42. The fourth-order valence-electron chi connectivity index (χ4n) is 2.70. The highest BCUT2D eigenvalue weighted by Crippen LogP contribution is 2.15. The van der Waals surface area contributed by atoms with Crippen molar-refractivity contribution in [1.29, 1.82) is 0 Å². The molecule has 5 heteroatoms. The molecule has 1 amide bonds. The van der Waals surface area contributed by atoms with Gasteiger partial charge in [-0.15, -0.1) is 5.10 Å². The van der Waals surface area contributed by atoms with Gasteiger partial charge in [0.25, 0.3) is 5.91 Å². The maximum absolute atomic E-state index is 12.3. The average Bonchev–Trinajstić information content (AvgIpc) is 3.04. The number of nitrogens with zero attached hydrogens (tertiary/aromatic N) is 3. The molecule has 5 nitrogen and oxygen atoms in total. The number of carbonyl (C=O) groups excluding carboxylic acids is 1. The Morgan fingerprint density at radius 2 is 1.86 bits per heavy atom. The first-order valence-corrected chi connectivity index (χ1v) is 7.80. The number of benzene rings is 1. The monoisotopic (exact) mass is 299 g/mol. The summed E-state index contributed by atoms with van der Waals surface area (Å²) in [6.07, 6.45) is 4.71. The zero-order valence-electron chi connectivity index (χ0n) is 12.8. The normalized spacial score (nSPS) is 16.3. The lowest BCUT2D eigenvalue weighted by molar-refractivity contribution is -0.139. The van der Waals surface area contributed by atoms with Gasteiger partial charge in [0.05, 0.1) is 5.69 Å². The van der Waals surface area contributed by atoms with E-state index in [-0.39, 0.29) is 5.91 Å². The molecule has 1 aliphatic rings. The summed E-state index contributed by atoms with van der Waals surface area (Å²) in [5, 5.41) is 4.37. The van der Waals surface area contributed by atoms with Crippen LogP contribution in [0.2, 0.25) is 0 Å². The van der Waals surface area contributed by atoms with E-state index in [4.69, 9.17) is 4.74 Å². The van der Waals surface area contributed by atoms with Crippen LogP contribution >= 0.6 is 0 Å². The molecule has 2 heterocycles. The molecule has 1 fully saturated rings. The van der Waals surface area contributed by atoms with E-state index >= 15 is 0 Å². The van der Waals surface area contributed by atoms with Gasteiger partial charge in [0.15, 0.2) is 6.10 Å². The predicted molar refractivity (Wildman–Crippen MR) is 84.1 cm³/mol. The number of piperidine rings is 1. The molecule has 0 bridgehead atoms. The minimum atomic E-state index is -0.503. The van der Waals surface area contributed by atoms with Crippen molar-refractivity contribution in [2.45, 2.75) is 32.3 Å². The Hall–Kier alpha value is -2.30. The standard InChI is InChI=1S/C17H21N3O2/c1-14(17(21)19-11-6-3-7-12-19)22-16-10-13-20(18-16)15-8-4-2-5-9-15/h2,4-5,8-10,13-14H,3,6-7,11-12H2,1H3/t14-/m1/s1. The summed E-state index contributed by atoms with van der Waals surface area (Å²) in [5.74, 6) is 0.524. The van der Waals surface area contributed by atoms with Crippen LogP contribution in [0, 0.1) is 0 Å². The molecule has 0 aliphatic carbocycles. The van der Waals surface area contributed by atoms with Crippen molar-refractivity contribution < 1.29 is 9.53 Å². The smallest absolute Gasteiger partial charge is 0.263 e. The molecule has 2 aromatic rings. The van der Waals surface area contributed by atoms with Gasteiger partial charge in [-0.25, -0.2) is 4.68 Å². The predicted octanol–water partition coefficient (Wildman–Crippen LogP) is 2.65. The lowest BCUT2D eigenvalue weighted by Crippen LogP contribution is -2.43. The minimum absolute atomic E-state index is 0.0500. The van der Waals surface area contributed by atoms with E-state index in [0.29, 0.717) is 5.88 Å². The van der Waals surface area contributed by atoms with Gasteiger partial charge in [-0.05, 0) is 38.3 Å². The highest BCUT2D eigenvalue weighted by atomic mass is 16.5. The van der Waals surface area contributed by atoms with Crippen molar-refractivity contribution in [2.24, 2.45) is 0 Å². The summed E-state index contributed by atoms with van der Waals surface area (Å²) in [7, 11) is 0. The Morgan fingerprint density at radius 1 is 1.14 bits per heavy atom. The molecule has 0 saturated carbocycles. The van der Waals surface area contributed by atoms with E-state index in [0.717, 1.165) is 31.6 Å². The van der Waals surface area contributed by atoms with Crippen LogP contribution in [-0.4, -0.2) is 39.8 Å². The van der Waals surface area contributed by atoms with Crippen molar-refractivity contribution in [2.75, 3.05) is 13.1 Å². The van der Waals surface area contributed by atoms with Gasteiger partial charge >= 0.3 is 0 Å². The highest BCUT2D eigenvalue weighted by molar-refractivity contribution is 5.80. The summed E-state index contributed by atoms with van der Waals surface area (Å²) in [4.78, 5) is 14.2. The average molecular weight is 299 g/mol. The summed E-state index contributed by atoms with van der Waals surface area (Å²) < 4.78 is 7.45. The Balaban J connectivity index is 1.63. The van der Waals surface area contributed by atoms with E-state index in [1.807, 2.05) is 41.4 Å². The van der Waals surface area contributed by atoms with Gasteiger partial charge in [0.2, 0.25) is 5.88 Å². The van der Waals surface area contributed by atoms with Gasteiger partial charge in [-0.2, -0.15) is 0 Å². The molecule has 1 atom stereocenters. The lowest BCUT2D eigenvalue weighted by Gasteiger charge is -2.28. The van der Waals surface area contributed by atoms with E-state index in [1.165, 1.54) is 6.42 Å². The molecule has 3 rings (SSSR count). The van der Waals surface area contributed by atoms with Gasteiger partial charge in [-0.1, -0.05) is 18.2 Å². The fourth-order valence-corrected chi connectivity index (χ4v) is 2.70. The maximum atomic E-state index is 12.3. The molecular weight excluding hydrogens is 278 g/mol. The third-order valence-corrected chi connectivity index (χ3v) is 3.90. The summed E-state index contributed by atoms with van der Waals surface area (Å²) in [6.45, 7) is 3.47. The van der Waals surface area contributed by atoms with Gasteiger partial charge < -0.3 is 9.64 Å². The number of rotatable bonds is 4. The Bertz CT molecular complexity index is 618. The number of para-hydroxylation sites is 1. The molecule has 1 saturated heterocycles. The van der Waals surface area contributed by atoms with Gasteiger partial charge in [0.1, 0.15) is 0 Å². The second kappa shape index (κ2) is 6.64. The van der Waals surface area contributed by atoms with Crippen molar-refractivity contribution in [1.82, 2.24) is 14.7 Å². The van der Waals surface area contributed by atoms with Gasteiger partial charge in [0, 0.05) is 25.4 Å². The Morgan fingerprint density at radius 3 is 2.59 bits per heavy atom. The molecule has 0 spiro atoms. The van der Waals surface area contributed by atoms with Crippen LogP contribution in [0.3, 0.4) is 0 Å². The number of likely N-dealkylation sites (tertiary alicyclic amines) is 1. The SMILES string of the molecule is C[C@@H](Oc1ccn(-c2ccccc2)n1)C(=O)N1CCCCC1. The topological polar surface area (TPSA) is 47.4 Å². The second-order valence-electron chi connectivity index (χ2n) is 5.58. The first-order chi connectivity index (χ1) is 10.7. The third kappa shape index (κ3) is 3.30. The number of aromatic nitrogens is 2.